The topological polar surface area (TPSA) is 85.2 Å². The molecule has 0 saturated carbocycles. The fraction of sp³-hybridized carbons (Fsp3) is 0.727. The van der Waals surface area contributed by atoms with E-state index in [4.69, 9.17) is 4.74 Å². The number of imidazole rings is 1. The number of aromatic nitrogens is 2. The van der Waals surface area contributed by atoms with E-state index in [0.29, 0.717) is 13.2 Å². The first-order valence-corrected chi connectivity index (χ1v) is 7.67. The first-order chi connectivity index (χ1) is 8.97. The summed E-state index contributed by atoms with van der Waals surface area (Å²) in [4.78, 5) is 3.86. The number of aryl methyl sites for hydroxylation is 1. The maximum absolute atomic E-state index is 12.1. The van der Waals surface area contributed by atoms with Crippen LogP contribution in [-0.4, -0.2) is 50.3 Å². The van der Waals surface area contributed by atoms with E-state index in [9.17, 15) is 8.42 Å². The number of sulfonamides is 1. The van der Waals surface area contributed by atoms with Gasteiger partial charge in [-0.15, -0.1) is 0 Å². The molecule has 7 nitrogen and oxygen atoms in total. The lowest BCUT2D eigenvalue weighted by molar-refractivity contribution is 0.122. The second kappa shape index (κ2) is 5.58. The van der Waals surface area contributed by atoms with Gasteiger partial charge >= 0.3 is 0 Å². The largest absolute Gasteiger partial charge is 0.383 e. The molecular formula is C11H20N4O3S. The lowest BCUT2D eigenvalue weighted by Gasteiger charge is -2.28. The Morgan fingerprint density at radius 2 is 2.42 bits per heavy atom. The molecule has 1 unspecified atom stereocenters. The standard InChI is InChI=1S/C11H20N4O3S/c1-15-6-10(12-9-15)19(16,17)14-7-11(8-18-2)4-3-5-13-11/h6,9,13-14H,3-5,7-8H2,1-2H3. The van der Waals surface area contributed by atoms with Crippen molar-refractivity contribution in [2.24, 2.45) is 7.05 Å². The zero-order valence-electron chi connectivity index (χ0n) is 11.2. The van der Waals surface area contributed by atoms with Crippen molar-refractivity contribution in [3.05, 3.63) is 12.5 Å². The molecule has 8 heteroatoms. The Bertz CT molecular complexity index is 520. The molecule has 1 saturated heterocycles. The second-order valence-electron chi connectivity index (χ2n) is 4.95. The number of nitrogens with one attached hydrogen (secondary N) is 2. The fourth-order valence-corrected chi connectivity index (χ4v) is 3.41. The van der Waals surface area contributed by atoms with Gasteiger partial charge in [0.15, 0.2) is 5.03 Å². The van der Waals surface area contributed by atoms with Crippen molar-refractivity contribution in [2.75, 3.05) is 26.8 Å². The molecule has 1 aliphatic heterocycles. The van der Waals surface area contributed by atoms with Gasteiger partial charge < -0.3 is 14.6 Å². The van der Waals surface area contributed by atoms with E-state index in [-0.39, 0.29) is 10.6 Å². The van der Waals surface area contributed by atoms with E-state index in [1.165, 1.54) is 12.5 Å². The number of hydrogen-bond donors (Lipinski definition) is 2. The molecule has 0 amide bonds. The summed E-state index contributed by atoms with van der Waals surface area (Å²) in [7, 11) is -0.208. The van der Waals surface area contributed by atoms with Crippen LogP contribution in [0.5, 0.6) is 0 Å². The molecule has 2 heterocycles. The van der Waals surface area contributed by atoms with E-state index in [1.54, 1.807) is 18.7 Å². The molecule has 2 rings (SSSR count). The van der Waals surface area contributed by atoms with Gasteiger partial charge in [-0.05, 0) is 19.4 Å². The summed E-state index contributed by atoms with van der Waals surface area (Å²) in [5.74, 6) is 0. The second-order valence-corrected chi connectivity index (χ2v) is 6.66. The number of hydrogen-bond acceptors (Lipinski definition) is 5. The van der Waals surface area contributed by atoms with Gasteiger partial charge in [-0.2, -0.15) is 0 Å². The van der Waals surface area contributed by atoms with Crippen molar-refractivity contribution in [1.29, 1.82) is 0 Å². The molecule has 0 aromatic carbocycles. The summed E-state index contributed by atoms with van der Waals surface area (Å²) in [5, 5.41) is 3.36. The predicted molar refractivity (Wildman–Crippen MR) is 70.2 cm³/mol. The highest BCUT2D eigenvalue weighted by Gasteiger charge is 2.35. The summed E-state index contributed by atoms with van der Waals surface area (Å²) in [6, 6.07) is 0. The van der Waals surface area contributed by atoms with Gasteiger partial charge in [0, 0.05) is 26.9 Å². The van der Waals surface area contributed by atoms with Crippen molar-refractivity contribution in [2.45, 2.75) is 23.4 Å². The smallest absolute Gasteiger partial charge is 0.259 e. The fourth-order valence-electron chi connectivity index (χ4n) is 2.30. The molecule has 0 aliphatic carbocycles. The van der Waals surface area contributed by atoms with Crippen molar-refractivity contribution >= 4 is 10.0 Å². The van der Waals surface area contributed by atoms with Crippen LogP contribution < -0.4 is 10.0 Å². The number of ether oxygens (including phenoxy) is 1. The highest BCUT2D eigenvalue weighted by atomic mass is 32.2. The monoisotopic (exact) mass is 288 g/mol. The van der Waals surface area contributed by atoms with E-state index in [0.717, 1.165) is 19.4 Å². The van der Waals surface area contributed by atoms with Crippen LogP contribution in [0.2, 0.25) is 0 Å². The van der Waals surface area contributed by atoms with Crippen molar-refractivity contribution in [3.63, 3.8) is 0 Å². The van der Waals surface area contributed by atoms with Gasteiger partial charge in [0.05, 0.1) is 18.5 Å². The Morgan fingerprint density at radius 1 is 1.63 bits per heavy atom. The van der Waals surface area contributed by atoms with Crippen LogP contribution in [0.15, 0.2) is 17.6 Å². The molecule has 2 N–H and O–H groups in total. The zero-order valence-corrected chi connectivity index (χ0v) is 12.0. The maximum atomic E-state index is 12.1. The first-order valence-electron chi connectivity index (χ1n) is 6.19. The molecule has 0 spiro atoms. The van der Waals surface area contributed by atoms with Crippen molar-refractivity contribution < 1.29 is 13.2 Å². The van der Waals surface area contributed by atoms with Crippen molar-refractivity contribution in [3.8, 4) is 0 Å². The third kappa shape index (κ3) is 3.33. The molecule has 108 valence electrons. The minimum atomic E-state index is -3.56. The molecule has 1 atom stereocenters. The zero-order chi connectivity index (χ0) is 13.9. The van der Waals surface area contributed by atoms with E-state index in [1.807, 2.05) is 0 Å². The van der Waals surface area contributed by atoms with Gasteiger partial charge in [0.1, 0.15) is 0 Å². The van der Waals surface area contributed by atoms with Gasteiger partial charge in [0.25, 0.3) is 10.0 Å². The molecule has 1 aromatic heterocycles. The first kappa shape index (κ1) is 14.4. The molecule has 1 aromatic rings. The Hall–Kier alpha value is -0.960. The predicted octanol–water partition coefficient (Wildman–Crippen LogP) is -0.533. The molecular weight excluding hydrogens is 268 g/mol. The van der Waals surface area contributed by atoms with Gasteiger partial charge in [0.2, 0.25) is 0 Å². The van der Waals surface area contributed by atoms with Crippen LogP contribution in [0.3, 0.4) is 0 Å². The van der Waals surface area contributed by atoms with Crippen molar-refractivity contribution in [1.82, 2.24) is 19.6 Å². The quantitative estimate of drug-likeness (QED) is 0.735. The van der Waals surface area contributed by atoms with Gasteiger partial charge in [-0.1, -0.05) is 0 Å². The Labute approximate surface area is 113 Å². The highest BCUT2D eigenvalue weighted by Crippen LogP contribution is 2.19. The maximum Gasteiger partial charge on any atom is 0.259 e. The highest BCUT2D eigenvalue weighted by molar-refractivity contribution is 7.89. The van der Waals surface area contributed by atoms with Crippen LogP contribution in [0.4, 0.5) is 0 Å². The van der Waals surface area contributed by atoms with E-state index >= 15 is 0 Å². The SMILES string of the molecule is COCC1(CNS(=O)(=O)c2cn(C)cn2)CCCN1. The Morgan fingerprint density at radius 3 is 2.95 bits per heavy atom. The van der Waals surface area contributed by atoms with Crippen LogP contribution in [0.1, 0.15) is 12.8 Å². The van der Waals surface area contributed by atoms with Crippen LogP contribution in [-0.2, 0) is 21.8 Å². The normalized spacial score (nSPS) is 23.9. The summed E-state index contributed by atoms with van der Waals surface area (Å²) in [5.41, 5.74) is -0.309. The number of rotatable bonds is 6. The van der Waals surface area contributed by atoms with Crippen LogP contribution in [0.25, 0.3) is 0 Å². The van der Waals surface area contributed by atoms with Gasteiger partial charge in [-0.25, -0.2) is 18.1 Å². The van der Waals surface area contributed by atoms with Crippen LogP contribution in [0, 0.1) is 0 Å². The Balaban J connectivity index is 2.04. The summed E-state index contributed by atoms with van der Waals surface area (Å²) in [6.07, 6.45) is 4.86. The van der Waals surface area contributed by atoms with E-state index < -0.39 is 10.0 Å². The lowest BCUT2D eigenvalue weighted by atomic mass is 9.99. The molecule has 1 aliphatic rings. The number of methoxy groups -OCH3 is 1. The number of nitrogens with zero attached hydrogens (tertiary/aromatic N) is 2. The summed E-state index contributed by atoms with van der Waals surface area (Å²) >= 11 is 0. The van der Waals surface area contributed by atoms with Crippen LogP contribution >= 0.6 is 0 Å². The molecule has 1 fully saturated rings. The Kier molecular flexibility index (Phi) is 4.24. The molecule has 19 heavy (non-hydrogen) atoms. The molecule has 0 radical (unpaired) electrons. The lowest BCUT2D eigenvalue weighted by Crippen LogP contribution is -2.52. The van der Waals surface area contributed by atoms with Gasteiger partial charge in [-0.3, -0.25) is 0 Å². The average Bonchev–Trinajstić information content (AvgIpc) is 2.98. The summed E-state index contributed by atoms with van der Waals surface area (Å²) in [6.45, 7) is 1.67. The average molecular weight is 288 g/mol. The third-order valence-corrected chi connectivity index (χ3v) is 4.60. The summed E-state index contributed by atoms with van der Waals surface area (Å²) < 4.78 is 33.6. The minimum absolute atomic E-state index is 0.0422. The third-order valence-electron chi connectivity index (χ3n) is 3.31. The minimum Gasteiger partial charge on any atom is -0.383 e. The van der Waals surface area contributed by atoms with E-state index in [2.05, 4.69) is 15.0 Å². The molecule has 0 bridgehead atoms.